The Kier molecular flexibility index (Phi) is 4.33. The number of anilines is 1. The molecule has 1 amide bonds. The standard InChI is InChI=1S/C13H17Cl2N3O/c1-8-7-9(14)17-11(15)10(8)18-12(19)13(2)3-5-16-6-4-13/h7,16H,3-6H2,1-2H3,(H,18,19). The van der Waals surface area contributed by atoms with E-state index < -0.39 is 0 Å². The summed E-state index contributed by atoms with van der Waals surface area (Å²) in [6, 6.07) is 1.69. The summed E-state index contributed by atoms with van der Waals surface area (Å²) in [6.07, 6.45) is 1.63. The van der Waals surface area contributed by atoms with Crippen molar-refractivity contribution < 1.29 is 4.79 Å². The van der Waals surface area contributed by atoms with Crippen molar-refractivity contribution in [2.45, 2.75) is 26.7 Å². The number of rotatable bonds is 2. The molecule has 6 heteroatoms. The number of hydrogen-bond acceptors (Lipinski definition) is 3. The number of hydrogen-bond donors (Lipinski definition) is 2. The molecule has 2 heterocycles. The minimum atomic E-state index is -0.360. The highest BCUT2D eigenvalue weighted by Crippen LogP contribution is 2.32. The van der Waals surface area contributed by atoms with Gasteiger partial charge in [-0.2, -0.15) is 0 Å². The number of nitrogens with one attached hydrogen (secondary N) is 2. The molecule has 0 unspecified atom stereocenters. The summed E-state index contributed by atoms with van der Waals surface area (Å²) in [5.41, 5.74) is 1.01. The number of carbonyl (C=O) groups excluding carboxylic acids is 1. The molecule has 1 aliphatic rings. The highest BCUT2D eigenvalue weighted by molar-refractivity contribution is 6.34. The van der Waals surface area contributed by atoms with Crippen LogP contribution in [0, 0.1) is 12.3 Å². The third-order valence-electron chi connectivity index (χ3n) is 3.64. The van der Waals surface area contributed by atoms with Crippen LogP contribution in [0.5, 0.6) is 0 Å². The molecule has 1 aliphatic heterocycles. The molecule has 0 aliphatic carbocycles. The maximum atomic E-state index is 12.4. The SMILES string of the molecule is Cc1cc(Cl)nc(Cl)c1NC(=O)C1(C)CCNCC1. The number of pyridine rings is 1. The predicted octanol–water partition coefficient (Wildman–Crippen LogP) is 3.03. The second-order valence-corrected chi connectivity index (χ2v) is 5.94. The van der Waals surface area contributed by atoms with Crippen molar-refractivity contribution in [2.24, 2.45) is 5.41 Å². The lowest BCUT2D eigenvalue weighted by Crippen LogP contribution is -2.43. The molecule has 2 N–H and O–H groups in total. The van der Waals surface area contributed by atoms with Gasteiger partial charge in [0.05, 0.1) is 5.69 Å². The van der Waals surface area contributed by atoms with Crippen LogP contribution in [-0.2, 0) is 4.79 Å². The Morgan fingerprint density at radius 1 is 1.42 bits per heavy atom. The lowest BCUT2D eigenvalue weighted by Gasteiger charge is -2.32. The van der Waals surface area contributed by atoms with Gasteiger partial charge in [-0.25, -0.2) is 4.98 Å². The average molecular weight is 302 g/mol. The van der Waals surface area contributed by atoms with Crippen LogP contribution in [0.15, 0.2) is 6.07 Å². The van der Waals surface area contributed by atoms with Gasteiger partial charge in [0.2, 0.25) is 5.91 Å². The lowest BCUT2D eigenvalue weighted by atomic mass is 9.80. The van der Waals surface area contributed by atoms with E-state index in [1.165, 1.54) is 0 Å². The van der Waals surface area contributed by atoms with E-state index in [-0.39, 0.29) is 16.5 Å². The topological polar surface area (TPSA) is 54.0 Å². The molecule has 1 aromatic heterocycles. The first-order valence-electron chi connectivity index (χ1n) is 6.27. The molecule has 0 saturated carbocycles. The van der Waals surface area contributed by atoms with Crippen LogP contribution >= 0.6 is 23.2 Å². The fourth-order valence-electron chi connectivity index (χ4n) is 2.22. The Hall–Kier alpha value is -0.840. The zero-order valence-electron chi connectivity index (χ0n) is 11.0. The summed E-state index contributed by atoms with van der Waals surface area (Å²) in [7, 11) is 0. The first-order chi connectivity index (χ1) is 8.92. The molecule has 2 rings (SSSR count). The van der Waals surface area contributed by atoms with Crippen LogP contribution in [0.2, 0.25) is 10.3 Å². The van der Waals surface area contributed by atoms with Crippen LogP contribution in [-0.4, -0.2) is 24.0 Å². The minimum Gasteiger partial charge on any atom is -0.323 e. The molecule has 1 fully saturated rings. The van der Waals surface area contributed by atoms with Crippen molar-refractivity contribution in [1.82, 2.24) is 10.3 Å². The summed E-state index contributed by atoms with van der Waals surface area (Å²) >= 11 is 11.9. The Labute approximate surface area is 122 Å². The summed E-state index contributed by atoms with van der Waals surface area (Å²) < 4.78 is 0. The number of amides is 1. The van der Waals surface area contributed by atoms with Crippen molar-refractivity contribution in [3.05, 3.63) is 21.9 Å². The van der Waals surface area contributed by atoms with E-state index >= 15 is 0 Å². The molecule has 0 aromatic carbocycles. The highest BCUT2D eigenvalue weighted by atomic mass is 35.5. The quantitative estimate of drug-likeness (QED) is 0.826. The summed E-state index contributed by atoms with van der Waals surface area (Å²) in [6.45, 7) is 5.54. The van der Waals surface area contributed by atoms with E-state index in [1.807, 2.05) is 13.8 Å². The number of aromatic nitrogens is 1. The van der Waals surface area contributed by atoms with Gasteiger partial charge >= 0.3 is 0 Å². The Morgan fingerprint density at radius 2 is 2.05 bits per heavy atom. The van der Waals surface area contributed by atoms with Crippen molar-refractivity contribution in [3.8, 4) is 0 Å². The Morgan fingerprint density at radius 3 is 2.63 bits per heavy atom. The van der Waals surface area contributed by atoms with Crippen molar-refractivity contribution in [1.29, 1.82) is 0 Å². The van der Waals surface area contributed by atoms with Crippen molar-refractivity contribution in [3.63, 3.8) is 0 Å². The van der Waals surface area contributed by atoms with E-state index in [4.69, 9.17) is 23.2 Å². The van der Waals surface area contributed by atoms with E-state index in [9.17, 15) is 4.79 Å². The third-order valence-corrected chi connectivity index (χ3v) is 4.10. The molecule has 4 nitrogen and oxygen atoms in total. The molecule has 104 valence electrons. The van der Waals surface area contributed by atoms with Gasteiger partial charge in [0.25, 0.3) is 0 Å². The predicted molar refractivity (Wildman–Crippen MR) is 77.8 cm³/mol. The fraction of sp³-hybridized carbons (Fsp3) is 0.538. The van der Waals surface area contributed by atoms with Crippen LogP contribution in [0.3, 0.4) is 0 Å². The van der Waals surface area contributed by atoms with E-state index in [1.54, 1.807) is 6.07 Å². The van der Waals surface area contributed by atoms with Gasteiger partial charge in [-0.1, -0.05) is 30.1 Å². The second-order valence-electron chi connectivity index (χ2n) is 5.19. The molecule has 19 heavy (non-hydrogen) atoms. The minimum absolute atomic E-state index is 0.0110. The Bertz CT molecular complexity index is 476. The van der Waals surface area contributed by atoms with Crippen LogP contribution in [0.25, 0.3) is 0 Å². The normalized spacial score (nSPS) is 18.1. The highest BCUT2D eigenvalue weighted by Gasteiger charge is 2.35. The van der Waals surface area contributed by atoms with Crippen LogP contribution in [0.1, 0.15) is 25.3 Å². The zero-order chi connectivity index (χ0) is 14.0. The van der Waals surface area contributed by atoms with E-state index in [2.05, 4.69) is 15.6 Å². The first-order valence-corrected chi connectivity index (χ1v) is 7.03. The number of nitrogens with zero attached hydrogens (tertiary/aromatic N) is 1. The zero-order valence-corrected chi connectivity index (χ0v) is 12.5. The monoisotopic (exact) mass is 301 g/mol. The molecule has 0 spiro atoms. The largest absolute Gasteiger partial charge is 0.323 e. The fourth-order valence-corrected chi connectivity index (χ4v) is 2.79. The maximum Gasteiger partial charge on any atom is 0.230 e. The molecule has 1 saturated heterocycles. The van der Waals surface area contributed by atoms with Gasteiger partial charge in [0.1, 0.15) is 5.15 Å². The van der Waals surface area contributed by atoms with E-state index in [0.717, 1.165) is 31.5 Å². The summed E-state index contributed by atoms with van der Waals surface area (Å²) in [5, 5.41) is 6.71. The molecule has 0 radical (unpaired) electrons. The number of carbonyl (C=O) groups is 1. The molecular formula is C13H17Cl2N3O. The van der Waals surface area contributed by atoms with Crippen molar-refractivity contribution in [2.75, 3.05) is 18.4 Å². The van der Waals surface area contributed by atoms with Crippen LogP contribution in [0.4, 0.5) is 5.69 Å². The number of aryl methyl sites for hydroxylation is 1. The van der Waals surface area contributed by atoms with Gasteiger partial charge in [-0.3, -0.25) is 4.79 Å². The van der Waals surface area contributed by atoms with Gasteiger partial charge < -0.3 is 10.6 Å². The third kappa shape index (κ3) is 3.19. The van der Waals surface area contributed by atoms with Crippen LogP contribution < -0.4 is 10.6 Å². The maximum absolute atomic E-state index is 12.4. The molecule has 1 aromatic rings. The van der Waals surface area contributed by atoms with Gasteiger partial charge in [-0.15, -0.1) is 0 Å². The summed E-state index contributed by atoms with van der Waals surface area (Å²) in [5.74, 6) is -0.0110. The summed E-state index contributed by atoms with van der Waals surface area (Å²) in [4.78, 5) is 16.4. The number of piperidine rings is 1. The Balaban J connectivity index is 2.19. The van der Waals surface area contributed by atoms with Gasteiger partial charge in [-0.05, 0) is 44.5 Å². The van der Waals surface area contributed by atoms with Gasteiger partial charge in [0.15, 0.2) is 5.15 Å². The first kappa shape index (κ1) is 14.6. The lowest BCUT2D eigenvalue weighted by molar-refractivity contribution is -0.126. The van der Waals surface area contributed by atoms with Crippen molar-refractivity contribution >= 4 is 34.8 Å². The van der Waals surface area contributed by atoms with Gasteiger partial charge in [0, 0.05) is 5.41 Å². The second kappa shape index (κ2) is 5.65. The van der Waals surface area contributed by atoms with E-state index in [0.29, 0.717) is 10.8 Å². The molecule has 0 bridgehead atoms. The number of halogens is 2. The smallest absolute Gasteiger partial charge is 0.230 e. The molecular weight excluding hydrogens is 285 g/mol. The molecule has 0 atom stereocenters. The average Bonchev–Trinajstić information content (AvgIpc) is 2.34.